The molecule has 1 heterocycles. The largest absolute Gasteiger partial charge is 0.326 e. The summed E-state index contributed by atoms with van der Waals surface area (Å²) in [4.78, 5) is 4.20. The minimum absolute atomic E-state index is 0.396. The lowest BCUT2D eigenvalue weighted by Crippen LogP contribution is -2.15. The van der Waals surface area contributed by atoms with E-state index >= 15 is 0 Å². The van der Waals surface area contributed by atoms with E-state index in [-0.39, 0.29) is 0 Å². The molecule has 4 heteroatoms. The van der Waals surface area contributed by atoms with Gasteiger partial charge in [0.05, 0.1) is 17.3 Å². The van der Waals surface area contributed by atoms with E-state index in [4.69, 9.17) is 16.7 Å². The summed E-state index contributed by atoms with van der Waals surface area (Å²) in [5.41, 5.74) is 14.8. The number of benzene rings is 1. The van der Waals surface area contributed by atoms with Gasteiger partial charge in [-0.05, 0) is 23.3 Å². The molecule has 0 aliphatic carbocycles. The Morgan fingerprint density at radius 3 is 2.56 bits per heavy atom. The molecule has 0 radical (unpaired) electrons. The number of nitriles is 1. The molecular weight excluding hydrogens is 224 g/mol. The molecule has 4 nitrogen and oxygen atoms in total. The van der Waals surface area contributed by atoms with Crippen molar-refractivity contribution < 1.29 is 0 Å². The van der Waals surface area contributed by atoms with Gasteiger partial charge in [0, 0.05) is 12.7 Å². The van der Waals surface area contributed by atoms with Gasteiger partial charge in [-0.2, -0.15) is 5.26 Å². The summed E-state index contributed by atoms with van der Waals surface area (Å²) in [6, 6.07) is 12.9. The Morgan fingerprint density at radius 1 is 1.22 bits per heavy atom. The Balaban J connectivity index is 2.35. The summed E-state index contributed by atoms with van der Waals surface area (Å²) >= 11 is 0. The molecule has 90 valence electrons. The minimum atomic E-state index is -0.396. The Labute approximate surface area is 106 Å². The fraction of sp³-hybridized carbons (Fsp3) is 0.143. The van der Waals surface area contributed by atoms with Crippen LogP contribution in [-0.4, -0.2) is 4.98 Å². The van der Waals surface area contributed by atoms with Crippen LogP contribution in [0.2, 0.25) is 0 Å². The maximum Gasteiger partial charge on any atom is 0.101 e. The van der Waals surface area contributed by atoms with E-state index in [9.17, 15) is 0 Å². The van der Waals surface area contributed by atoms with Crippen molar-refractivity contribution in [1.82, 2.24) is 4.98 Å². The third-order valence-corrected chi connectivity index (χ3v) is 2.83. The van der Waals surface area contributed by atoms with Crippen molar-refractivity contribution in [3.05, 3.63) is 65.0 Å². The van der Waals surface area contributed by atoms with Crippen molar-refractivity contribution in [3.63, 3.8) is 0 Å². The van der Waals surface area contributed by atoms with Crippen LogP contribution in [0, 0.1) is 11.3 Å². The number of pyridine rings is 1. The molecule has 1 aromatic heterocycles. The lowest BCUT2D eigenvalue weighted by Gasteiger charge is -2.13. The molecule has 1 unspecified atom stereocenters. The maximum atomic E-state index is 9.03. The number of nitrogens with zero attached hydrogens (tertiary/aromatic N) is 2. The van der Waals surface area contributed by atoms with E-state index in [1.807, 2.05) is 24.3 Å². The van der Waals surface area contributed by atoms with Crippen molar-refractivity contribution in [2.24, 2.45) is 11.5 Å². The Morgan fingerprint density at radius 2 is 1.94 bits per heavy atom. The zero-order chi connectivity index (χ0) is 13.0. The van der Waals surface area contributed by atoms with Crippen LogP contribution in [0.4, 0.5) is 0 Å². The van der Waals surface area contributed by atoms with E-state index in [1.54, 1.807) is 18.3 Å². The summed E-state index contributed by atoms with van der Waals surface area (Å²) in [7, 11) is 0. The molecule has 0 amide bonds. The highest BCUT2D eigenvalue weighted by Crippen LogP contribution is 2.20. The smallest absolute Gasteiger partial charge is 0.101 e. The fourth-order valence-corrected chi connectivity index (χ4v) is 1.78. The predicted molar refractivity (Wildman–Crippen MR) is 69.3 cm³/mol. The Bertz CT molecular complexity index is 569. The zero-order valence-electron chi connectivity index (χ0n) is 9.88. The van der Waals surface area contributed by atoms with E-state index in [0.717, 1.165) is 11.1 Å². The molecule has 0 fully saturated rings. The van der Waals surface area contributed by atoms with Crippen LogP contribution in [-0.2, 0) is 6.54 Å². The van der Waals surface area contributed by atoms with Crippen LogP contribution >= 0.6 is 0 Å². The lowest BCUT2D eigenvalue weighted by molar-refractivity contribution is 0.823. The number of nitrogens with two attached hydrogens (primary N) is 2. The first-order chi connectivity index (χ1) is 8.76. The molecule has 0 spiro atoms. The van der Waals surface area contributed by atoms with Gasteiger partial charge in [0.15, 0.2) is 0 Å². The van der Waals surface area contributed by atoms with Crippen LogP contribution < -0.4 is 11.5 Å². The Hall–Kier alpha value is -2.22. The first kappa shape index (κ1) is 12.2. The predicted octanol–water partition coefficient (Wildman–Crippen LogP) is 1.46. The highest BCUT2D eigenvalue weighted by Gasteiger charge is 2.14. The van der Waals surface area contributed by atoms with Gasteiger partial charge in [-0.25, -0.2) is 0 Å². The van der Waals surface area contributed by atoms with E-state index in [2.05, 4.69) is 11.1 Å². The molecule has 0 saturated heterocycles. The third kappa shape index (κ3) is 2.38. The van der Waals surface area contributed by atoms with Crippen LogP contribution in [0.25, 0.3) is 0 Å². The summed E-state index contributed by atoms with van der Waals surface area (Å²) in [5, 5.41) is 9.03. The second-order valence-corrected chi connectivity index (χ2v) is 3.97. The maximum absolute atomic E-state index is 9.03. The average Bonchev–Trinajstić information content (AvgIpc) is 2.46. The quantitative estimate of drug-likeness (QED) is 0.847. The van der Waals surface area contributed by atoms with Crippen molar-refractivity contribution in [1.29, 1.82) is 5.26 Å². The topological polar surface area (TPSA) is 88.7 Å². The molecule has 2 aromatic rings. The van der Waals surface area contributed by atoms with E-state index in [0.29, 0.717) is 17.8 Å². The second-order valence-electron chi connectivity index (χ2n) is 3.97. The number of hydrogen-bond acceptors (Lipinski definition) is 4. The molecule has 0 aliphatic rings. The minimum Gasteiger partial charge on any atom is -0.326 e. The molecule has 1 aromatic carbocycles. The number of rotatable bonds is 3. The van der Waals surface area contributed by atoms with Crippen molar-refractivity contribution in [3.8, 4) is 6.07 Å². The van der Waals surface area contributed by atoms with Gasteiger partial charge in [-0.3, -0.25) is 4.98 Å². The van der Waals surface area contributed by atoms with Crippen molar-refractivity contribution >= 4 is 0 Å². The van der Waals surface area contributed by atoms with Crippen LogP contribution in [0.1, 0.15) is 28.4 Å². The third-order valence-electron chi connectivity index (χ3n) is 2.83. The highest BCUT2D eigenvalue weighted by molar-refractivity contribution is 5.39. The zero-order valence-corrected chi connectivity index (χ0v) is 9.88. The van der Waals surface area contributed by atoms with E-state index in [1.165, 1.54) is 0 Å². The first-order valence-electron chi connectivity index (χ1n) is 5.65. The monoisotopic (exact) mass is 238 g/mol. The standard InChI is InChI=1S/C14H14N4/c15-8-10-3-5-11(6-4-10)13(17)14-12(9-16)2-1-7-18-14/h1-7,13H,8,15,17H2. The highest BCUT2D eigenvalue weighted by atomic mass is 14.8. The van der Waals surface area contributed by atoms with E-state index < -0.39 is 6.04 Å². The SMILES string of the molecule is N#Cc1cccnc1C(N)c1ccc(CN)cc1. The number of hydrogen-bond donors (Lipinski definition) is 2. The van der Waals surface area contributed by atoms with Gasteiger partial charge < -0.3 is 11.5 Å². The van der Waals surface area contributed by atoms with Crippen LogP contribution in [0.15, 0.2) is 42.6 Å². The van der Waals surface area contributed by atoms with Gasteiger partial charge in [-0.1, -0.05) is 24.3 Å². The summed E-state index contributed by atoms with van der Waals surface area (Å²) in [6.07, 6.45) is 1.64. The summed E-state index contributed by atoms with van der Waals surface area (Å²) in [6.45, 7) is 0.503. The van der Waals surface area contributed by atoms with Gasteiger partial charge in [0.25, 0.3) is 0 Å². The van der Waals surface area contributed by atoms with Gasteiger partial charge in [0.1, 0.15) is 6.07 Å². The normalized spacial score (nSPS) is 11.8. The molecule has 2 rings (SSSR count). The molecule has 0 aliphatic heterocycles. The van der Waals surface area contributed by atoms with Crippen LogP contribution in [0.3, 0.4) is 0 Å². The number of aromatic nitrogens is 1. The average molecular weight is 238 g/mol. The van der Waals surface area contributed by atoms with Crippen molar-refractivity contribution in [2.75, 3.05) is 0 Å². The summed E-state index contributed by atoms with van der Waals surface area (Å²) in [5.74, 6) is 0. The summed E-state index contributed by atoms with van der Waals surface area (Å²) < 4.78 is 0. The lowest BCUT2D eigenvalue weighted by atomic mass is 9.99. The molecular formula is C14H14N4. The van der Waals surface area contributed by atoms with Crippen LogP contribution in [0.5, 0.6) is 0 Å². The second kappa shape index (κ2) is 5.41. The van der Waals surface area contributed by atoms with Gasteiger partial charge in [0.2, 0.25) is 0 Å². The first-order valence-corrected chi connectivity index (χ1v) is 5.65. The molecule has 4 N–H and O–H groups in total. The molecule has 0 saturated carbocycles. The Kier molecular flexibility index (Phi) is 3.68. The molecule has 18 heavy (non-hydrogen) atoms. The van der Waals surface area contributed by atoms with Gasteiger partial charge in [-0.15, -0.1) is 0 Å². The molecule has 0 bridgehead atoms. The fourth-order valence-electron chi connectivity index (χ4n) is 1.78. The molecule has 1 atom stereocenters. The van der Waals surface area contributed by atoms with Crippen molar-refractivity contribution in [2.45, 2.75) is 12.6 Å². The van der Waals surface area contributed by atoms with Gasteiger partial charge >= 0.3 is 0 Å².